The third kappa shape index (κ3) is 17.1. The molecule has 3 aliphatic rings. The molecule has 0 aromatic heterocycles. The number of allylic oxidation sites excluding steroid dienone is 8. The van der Waals surface area contributed by atoms with Crippen molar-refractivity contribution < 1.29 is 117 Å². The molecule has 3 heterocycles. The maximum Gasteiger partial charge on any atom is 0.335 e. The van der Waals surface area contributed by atoms with E-state index in [2.05, 4.69) is 0 Å². The number of amides is 2. The number of fused-ring (bicyclic) bond motifs is 6. The zero-order valence-electron chi connectivity index (χ0n) is 49.2. The van der Waals surface area contributed by atoms with Crippen molar-refractivity contribution in [2.75, 3.05) is 104 Å². The van der Waals surface area contributed by atoms with Gasteiger partial charge in [-0.1, -0.05) is 36.4 Å². The van der Waals surface area contributed by atoms with Gasteiger partial charge in [0.15, 0.2) is 12.3 Å². The Morgan fingerprint density at radius 1 is 0.578 bits per heavy atom. The number of nitrogens with zero attached hydrogens (tertiary/aromatic N) is 3. The van der Waals surface area contributed by atoms with Gasteiger partial charge in [-0.05, 0) is 97.3 Å². The monoisotopic (exact) mass is 1350 g/mol. The molecule has 90 heavy (non-hydrogen) atoms. The van der Waals surface area contributed by atoms with Crippen LogP contribution in [0.2, 0.25) is 0 Å². The Bertz CT molecular complexity index is 4150. The summed E-state index contributed by atoms with van der Waals surface area (Å²) in [7, 11) is -23.1. The van der Waals surface area contributed by atoms with Crippen LogP contribution in [-0.4, -0.2) is 197 Å². The summed E-state index contributed by atoms with van der Waals surface area (Å²) >= 11 is 0. The first-order valence-corrected chi connectivity index (χ1v) is 35.0. The number of rotatable bonds is 34. The lowest BCUT2D eigenvalue weighted by Crippen LogP contribution is -2.34. The molecule has 492 valence electrons. The second-order valence-corrected chi connectivity index (χ2v) is 28.1. The first kappa shape index (κ1) is 71.2. The molecule has 1 fully saturated rings. The van der Waals surface area contributed by atoms with Crippen molar-refractivity contribution in [1.82, 2.24) is 5.06 Å². The zero-order chi connectivity index (χ0) is 66.0. The van der Waals surface area contributed by atoms with Crippen LogP contribution in [0, 0.1) is 0 Å². The van der Waals surface area contributed by atoms with Gasteiger partial charge in [-0.3, -0.25) is 9.59 Å². The normalized spacial score (nSPS) is 19.0. The molecule has 0 saturated carbocycles. The summed E-state index contributed by atoms with van der Waals surface area (Å²) in [6.07, 6.45) is 10.2. The van der Waals surface area contributed by atoms with Crippen LogP contribution in [0.5, 0.6) is 0 Å². The smallest absolute Gasteiger partial charge is 0.335 e. The molecule has 0 N–H and O–H groups in total. The van der Waals surface area contributed by atoms with Crippen LogP contribution >= 0.6 is 0 Å². The largest absolute Gasteiger partial charge is 0.748 e. The molecule has 3 aliphatic heterocycles. The minimum atomic E-state index is -5.43. The highest BCUT2D eigenvalue weighted by Gasteiger charge is 2.49. The summed E-state index contributed by atoms with van der Waals surface area (Å²) < 4.78 is 223. The topological polar surface area (TPSA) is 411 Å². The molecule has 0 aliphatic carbocycles. The van der Waals surface area contributed by atoms with Crippen LogP contribution in [0.3, 0.4) is 0 Å². The summed E-state index contributed by atoms with van der Waals surface area (Å²) in [4.78, 5) is 39.8. The summed E-state index contributed by atoms with van der Waals surface area (Å²) in [5.74, 6) is -3.12. The van der Waals surface area contributed by atoms with E-state index in [0.717, 1.165) is 30.3 Å². The Labute approximate surface area is 521 Å². The second kappa shape index (κ2) is 29.6. The van der Waals surface area contributed by atoms with Crippen LogP contribution in [0.4, 0.5) is 11.4 Å². The number of carbonyl (C=O) groups is 3. The quantitative estimate of drug-likeness (QED) is 0.0213. The molecule has 0 bridgehead atoms. The Kier molecular flexibility index (Phi) is 23.4. The summed E-state index contributed by atoms with van der Waals surface area (Å²) in [5.41, 5.74) is -0.918. The molecule has 4 aromatic rings. The molecule has 2 unspecified atom stereocenters. The van der Waals surface area contributed by atoms with E-state index >= 15 is 0 Å². The van der Waals surface area contributed by atoms with E-state index in [4.69, 9.17) is 33.3 Å². The van der Waals surface area contributed by atoms with E-state index in [9.17, 15) is 79.2 Å². The molecule has 2 amide bonds. The average molecular weight is 1350 g/mol. The lowest BCUT2D eigenvalue weighted by Gasteiger charge is -2.31. The van der Waals surface area contributed by atoms with E-state index in [1.54, 1.807) is 65.9 Å². The van der Waals surface area contributed by atoms with Crippen LogP contribution in [0.25, 0.3) is 21.5 Å². The lowest BCUT2D eigenvalue weighted by molar-refractivity contribution is -0.442. The average Bonchev–Trinajstić information content (AvgIpc) is 1.52. The second-order valence-electron chi connectivity index (χ2n) is 21.1. The van der Waals surface area contributed by atoms with Gasteiger partial charge in [-0.25, -0.2) is 46.9 Å². The maximum absolute atomic E-state index is 12.9. The molecule has 33 heteroatoms. The van der Waals surface area contributed by atoms with Crippen LogP contribution in [-0.2, 0) is 109 Å². The molecule has 4 aromatic carbocycles. The van der Waals surface area contributed by atoms with Crippen molar-refractivity contribution in [3.8, 4) is 0 Å². The van der Waals surface area contributed by atoms with Gasteiger partial charge < -0.3 is 60.9 Å². The van der Waals surface area contributed by atoms with Gasteiger partial charge in [0.05, 0.1) is 94.4 Å². The van der Waals surface area contributed by atoms with Gasteiger partial charge in [-0.2, -0.15) is 4.58 Å². The number of methoxy groups -OCH3 is 2. The first-order valence-electron chi connectivity index (χ1n) is 27.8. The molecule has 0 radical (unpaired) electrons. The number of hydrogen-bond donors (Lipinski definition) is 0. The standard InChI is InChI=1S/C57H69N3O25S5/c1-56(20-10-34-86(64,65)66)49(59(22-26-79-3)46-38-48(90(76,77)78)41-14-13-39(87(67,68)69)35-43(41)55(46)56)11-8-6-5-7-9-12-50-57(2,21-25-82-30-31-84-33-32-83-29-28-80-4)54-44-36-40(88(70,71)72)37-47(89(73,74)75)42(44)15-16-45(54)58(50)23-27-81-24-19-53(63)85-60-51(61)17-18-52(60)62/h5-9,11-16,35-38H,10,17-34H2,1-4H3,(H4-,64,65,66,67,68,69,70,71,72,73,74,75,76,77,78)/p-4. The highest BCUT2D eigenvalue weighted by Crippen LogP contribution is 2.55. The number of carbonyl (C=O) groups excluding carboxylic acids is 3. The van der Waals surface area contributed by atoms with Gasteiger partial charge >= 0.3 is 5.97 Å². The third-order valence-corrected chi connectivity index (χ3v) is 19.4. The third-order valence-electron chi connectivity index (χ3n) is 15.2. The number of ether oxygens (including phenoxy) is 6. The minimum Gasteiger partial charge on any atom is -0.748 e. The van der Waals surface area contributed by atoms with Gasteiger partial charge in [0.25, 0.3) is 11.8 Å². The minimum absolute atomic E-state index is 0.00665. The molecule has 1 saturated heterocycles. The van der Waals surface area contributed by atoms with Crippen LogP contribution in [0.15, 0.2) is 116 Å². The Hall–Kier alpha value is -6.25. The zero-order valence-corrected chi connectivity index (χ0v) is 53.3. The SMILES string of the molecule is COCCOCCOCCOCCC1(C)C(C=CC=CC=CC=C2N(CCOC)c3cc(S(=O)(=O)[O-])c4ccc(S(=O)(=O)[O-])cc4c3C2(C)CCCS(=O)(=O)[O-])=[N+](CCOCCC(=O)ON2C(=O)CCC2=O)c2ccc3c(S(=O)(=O)[O-])cc(S(=O)(=O)[O-])cc3c21. The lowest BCUT2D eigenvalue weighted by atomic mass is 9.75. The van der Waals surface area contributed by atoms with Crippen molar-refractivity contribution in [3.63, 3.8) is 0 Å². The van der Waals surface area contributed by atoms with Gasteiger partial charge in [0.1, 0.15) is 47.1 Å². The van der Waals surface area contributed by atoms with E-state index in [0.29, 0.717) is 41.4 Å². The number of hydrogen-bond acceptors (Lipinski definition) is 26. The number of benzene rings is 4. The number of anilines is 1. The van der Waals surface area contributed by atoms with Crippen molar-refractivity contribution in [2.24, 2.45) is 0 Å². The molecule has 28 nitrogen and oxygen atoms in total. The molecular formula is C57H65N3O25S5-4. The number of hydroxylamine groups is 2. The summed E-state index contributed by atoms with van der Waals surface area (Å²) in [6, 6.07) is 8.22. The van der Waals surface area contributed by atoms with E-state index in [1.165, 1.54) is 26.4 Å². The fraction of sp³-hybridized carbons (Fsp3) is 0.439. The van der Waals surface area contributed by atoms with Crippen molar-refractivity contribution >= 4 is 107 Å². The molecular weight excluding hydrogens is 1290 g/mol. The predicted octanol–water partition coefficient (Wildman–Crippen LogP) is 3.37. The molecule has 2 atom stereocenters. The van der Waals surface area contributed by atoms with Gasteiger partial charge in [0, 0.05) is 85.9 Å². The van der Waals surface area contributed by atoms with Crippen LogP contribution < -0.4 is 4.90 Å². The number of imide groups is 1. The van der Waals surface area contributed by atoms with E-state index < -0.39 is 105 Å². The fourth-order valence-corrected chi connectivity index (χ4v) is 14.1. The highest BCUT2D eigenvalue weighted by molar-refractivity contribution is 7.87. The highest BCUT2D eigenvalue weighted by atomic mass is 32.2. The Morgan fingerprint density at radius 2 is 1.12 bits per heavy atom. The van der Waals surface area contributed by atoms with Crippen molar-refractivity contribution in [1.29, 1.82) is 0 Å². The summed E-state index contributed by atoms with van der Waals surface area (Å²) in [6.45, 7) is 4.47. The van der Waals surface area contributed by atoms with E-state index in [1.807, 2.05) is 0 Å². The fourth-order valence-electron chi connectivity index (χ4n) is 11.1. The Balaban J connectivity index is 1.29. The van der Waals surface area contributed by atoms with Gasteiger partial charge in [0.2, 0.25) is 5.69 Å². The molecule has 7 rings (SSSR count). The van der Waals surface area contributed by atoms with E-state index in [-0.39, 0.29) is 143 Å². The maximum atomic E-state index is 12.9. The Morgan fingerprint density at radius 3 is 1.72 bits per heavy atom. The van der Waals surface area contributed by atoms with Crippen molar-refractivity contribution in [2.45, 2.75) is 82.8 Å². The van der Waals surface area contributed by atoms with Crippen LogP contribution in [0.1, 0.15) is 63.5 Å². The first-order chi connectivity index (χ1) is 42.3. The summed E-state index contributed by atoms with van der Waals surface area (Å²) in [5, 5.41) is -0.208. The van der Waals surface area contributed by atoms with Crippen molar-refractivity contribution in [3.05, 3.63) is 108 Å². The predicted molar refractivity (Wildman–Crippen MR) is 314 cm³/mol. The molecule has 0 spiro atoms. The van der Waals surface area contributed by atoms with Gasteiger partial charge in [-0.15, -0.1) is 5.06 Å².